The topological polar surface area (TPSA) is 104 Å². The summed E-state index contributed by atoms with van der Waals surface area (Å²) in [5, 5.41) is 22.0. The molecule has 7 heteroatoms. The third-order valence-corrected chi connectivity index (χ3v) is 3.82. The van der Waals surface area contributed by atoms with Gasteiger partial charge in [-0.1, -0.05) is 17.8 Å². The quantitative estimate of drug-likeness (QED) is 0.699. The molecule has 0 saturated carbocycles. The van der Waals surface area contributed by atoms with Gasteiger partial charge < -0.3 is 15.5 Å². The number of anilines is 1. The van der Waals surface area contributed by atoms with Gasteiger partial charge >= 0.3 is 0 Å². The lowest BCUT2D eigenvalue weighted by molar-refractivity contribution is -0.112. The van der Waals surface area contributed by atoms with Crippen molar-refractivity contribution >= 4 is 34.3 Å². The molecule has 0 bridgehead atoms. The van der Waals surface area contributed by atoms with Crippen molar-refractivity contribution in [3.05, 3.63) is 29.3 Å². The van der Waals surface area contributed by atoms with E-state index < -0.39 is 23.9 Å². The standard InChI is InChI=1S/C13H13NO5S/c1-6(15)20-5-10(16)11(17)7-2-3-9-8(4-7)12(18)13(19)14-9/h2-4,10-11,16-17H,5H2,1H3,(H,14,18,19). The SMILES string of the molecule is CC(=O)SCC(O)C(O)c1ccc2c(c1)C(=O)C(=O)N2. The van der Waals surface area contributed by atoms with Gasteiger partial charge in [0.25, 0.3) is 11.7 Å². The van der Waals surface area contributed by atoms with Gasteiger partial charge in [-0.2, -0.15) is 0 Å². The minimum atomic E-state index is -1.23. The molecule has 1 aromatic carbocycles. The first-order chi connectivity index (χ1) is 9.40. The van der Waals surface area contributed by atoms with Gasteiger partial charge in [0.2, 0.25) is 0 Å². The van der Waals surface area contributed by atoms with Gasteiger partial charge in [0.15, 0.2) is 5.12 Å². The number of amides is 1. The molecule has 1 heterocycles. The molecule has 0 aliphatic carbocycles. The second kappa shape index (κ2) is 5.74. The fourth-order valence-electron chi connectivity index (χ4n) is 1.86. The van der Waals surface area contributed by atoms with E-state index in [4.69, 9.17) is 0 Å². The molecule has 20 heavy (non-hydrogen) atoms. The first-order valence-corrected chi connectivity index (χ1v) is 6.88. The van der Waals surface area contributed by atoms with E-state index in [1.165, 1.54) is 25.1 Å². The summed E-state index contributed by atoms with van der Waals surface area (Å²) in [5.41, 5.74) is 0.895. The summed E-state index contributed by atoms with van der Waals surface area (Å²) in [4.78, 5) is 33.6. The van der Waals surface area contributed by atoms with Crippen LogP contribution in [0.2, 0.25) is 0 Å². The molecular weight excluding hydrogens is 282 g/mol. The lowest BCUT2D eigenvalue weighted by Gasteiger charge is -2.17. The normalized spacial score (nSPS) is 16.6. The predicted octanol–water partition coefficient (Wildman–Crippen LogP) is 0.495. The number of aliphatic hydroxyl groups is 2. The molecule has 0 fully saturated rings. The third kappa shape index (κ3) is 2.90. The van der Waals surface area contributed by atoms with Gasteiger partial charge in [-0.25, -0.2) is 0 Å². The first-order valence-electron chi connectivity index (χ1n) is 5.89. The Labute approximate surface area is 119 Å². The monoisotopic (exact) mass is 295 g/mol. The molecule has 2 atom stereocenters. The minimum Gasteiger partial charge on any atom is -0.389 e. The third-order valence-electron chi connectivity index (χ3n) is 2.91. The van der Waals surface area contributed by atoms with E-state index in [-0.39, 0.29) is 16.4 Å². The number of ketones is 1. The first kappa shape index (κ1) is 14.7. The van der Waals surface area contributed by atoms with Crippen molar-refractivity contribution in [2.75, 3.05) is 11.1 Å². The fourth-order valence-corrected chi connectivity index (χ4v) is 2.45. The van der Waals surface area contributed by atoms with Crippen LogP contribution in [0.4, 0.5) is 5.69 Å². The number of benzene rings is 1. The zero-order chi connectivity index (χ0) is 14.9. The van der Waals surface area contributed by atoms with Crippen LogP contribution < -0.4 is 5.32 Å². The Kier molecular flexibility index (Phi) is 4.22. The number of nitrogens with one attached hydrogen (secondary N) is 1. The van der Waals surface area contributed by atoms with E-state index in [2.05, 4.69) is 5.32 Å². The molecule has 0 radical (unpaired) electrons. The van der Waals surface area contributed by atoms with Gasteiger partial charge in [-0.3, -0.25) is 14.4 Å². The summed E-state index contributed by atoms with van der Waals surface area (Å²) in [5.74, 6) is -1.32. The average Bonchev–Trinajstić information content (AvgIpc) is 2.70. The Hall–Kier alpha value is -1.70. The number of hydrogen-bond acceptors (Lipinski definition) is 6. The van der Waals surface area contributed by atoms with Gasteiger partial charge in [-0.15, -0.1) is 0 Å². The maximum absolute atomic E-state index is 11.6. The number of thioether (sulfide) groups is 1. The van der Waals surface area contributed by atoms with E-state index in [1.807, 2.05) is 0 Å². The summed E-state index contributed by atoms with van der Waals surface area (Å²) < 4.78 is 0. The smallest absolute Gasteiger partial charge is 0.296 e. The van der Waals surface area contributed by atoms with Crippen LogP contribution in [0.5, 0.6) is 0 Å². The van der Waals surface area contributed by atoms with Crippen LogP contribution in [0.15, 0.2) is 18.2 Å². The molecule has 6 nitrogen and oxygen atoms in total. The van der Waals surface area contributed by atoms with Crippen LogP contribution in [0.1, 0.15) is 28.9 Å². The molecule has 0 aromatic heterocycles. The largest absolute Gasteiger partial charge is 0.389 e. The number of carbonyl (C=O) groups excluding carboxylic acids is 3. The second-order valence-electron chi connectivity index (χ2n) is 4.40. The zero-order valence-corrected chi connectivity index (χ0v) is 11.4. The maximum Gasteiger partial charge on any atom is 0.296 e. The highest BCUT2D eigenvalue weighted by atomic mass is 32.2. The minimum absolute atomic E-state index is 0.0543. The number of Topliss-reactive ketones (excluding diaryl/α,β-unsaturated/α-hetero) is 1. The molecular formula is C13H13NO5S. The number of rotatable bonds is 4. The highest BCUT2D eigenvalue weighted by Gasteiger charge is 2.29. The van der Waals surface area contributed by atoms with E-state index >= 15 is 0 Å². The van der Waals surface area contributed by atoms with Crippen molar-refractivity contribution in [2.24, 2.45) is 0 Å². The molecule has 3 N–H and O–H groups in total. The average molecular weight is 295 g/mol. The Morgan fingerprint density at radius 2 is 2.05 bits per heavy atom. The van der Waals surface area contributed by atoms with Crippen molar-refractivity contribution < 1.29 is 24.6 Å². The van der Waals surface area contributed by atoms with Crippen LogP contribution in [0, 0.1) is 0 Å². The molecule has 2 unspecified atom stereocenters. The van der Waals surface area contributed by atoms with Gasteiger partial charge in [0, 0.05) is 12.7 Å². The van der Waals surface area contributed by atoms with Gasteiger partial charge in [0.1, 0.15) is 6.10 Å². The van der Waals surface area contributed by atoms with Crippen molar-refractivity contribution in [2.45, 2.75) is 19.1 Å². The highest BCUT2D eigenvalue weighted by molar-refractivity contribution is 8.13. The van der Waals surface area contributed by atoms with Crippen molar-refractivity contribution in [1.82, 2.24) is 0 Å². The summed E-state index contributed by atoms with van der Waals surface area (Å²) >= 11 is 0.906. The number of carbonyl (C=O) groups is 3. The maximum atomic E-state index is 11.6. The number of hydrogen-bond donors (Lipinski definition) is 3. The van der Waals surface area contributed by atoms with Crippen molar-refractivity contribution in [3.8, 4) is 0 Å². The van der Waals surface area contributed by atoms with Crippen molar-refractivity contribution in [1.29, 1.82) is 0 Å². The van der Waals surface area contributed by atoms with E-state index in [1.54, 1.807) is 0 Å². The number of aliphatic hydroxyl groups excluding tert-OH is 2. The summed E-state index contributed by atoms with van der Waals surface area (Å²) in [6.07, 6.45) is -2.36. The molecule has 1 aliphatic rings. The lowest BCUT2D eigenvalue weighted by atomic mass is 10.0. The summed E-state index contributed by atoms with van der Waals surface area (Å²) in [6, 6.07) is 4.40. The molecule has 0 spiro atoms. The molecule has 1 aliphatic heterocycles. The molecule has 1 aromatic rings. The van der Waals surface area contributed by atoms with E-state index in [9.17, 15) is 24.6 Å². The summed E-state index contributed by atoms with van der Waals surface area (Å²) in [6.45, 7) is 1.37. The van der Waals surface area contributed by atoms with E-state index in [0.29, 0.717) is 11.3 Å². The van der Waals surface area contributed by atoms with Crippen LogP contribution in [0.3, 0.4) is 0 Å². The van der Waals surface area contributed by atoms with E-state index in [0.717, 1.165) is 11.8 Å². The predicted molar refractivity (Wildman–Crippen MR) is 73.5 cm³/mol. The Balaban J connectivity index is 2.16. The lowest BCUT2D eigenvalue weighted by Crippen LogP contribution is -2.21. The van der Waals surface area contributed by atoms with Crippen LogP contribution >= 0.6 is 11.8 Å². The van der Waals surface area contributed by atoms with Crippen molar-refractivity contribution in [3.63, 3.8) is 0 Å². The van der Waals surface area contributed by atoms with Crippen LogP contribution in [-0.4, -0.2) is 38.9 Å². The Morgan fingerprint density at radius 1 is 1.35 bits per heavy atom. The zero-order valence-electron chi connectivity index (χ0n) is 10.6. The molecule has 2 rings (SSSR count). The van der Waals surface area contributed by atoms with Crippen LogP contribution in [0.25, 0.3) is 0 Å². The highest BCUT2D eigenvalue weighted by Crippen LogP contribution is 2.28. The number of fused-ring (bicyclic) bond motifs is 1. The molecule has 0 saturated heterocycles. The Bertz CT molecular complexity index is 586. The van der Waals surface area contributed by atoms with Crippen LogP contribution in [-0.2, 0) is 9.59 Å². The fraction of sp³-hybridized carbons (Fsp3) is 0.308. The Morgan fingerprint density at radius 3 is 2.70 bits per heavy atom. The summed E-state index contributed by atoms with van der Waals surface area (Å²) in [7, 11) is 0. The molecule has 106 valence electrons. The van der Waals surface area contributed by atoms with Gasteiger partial charge in [-0.05, 0) is 17.7 Å². The van der Waals surface area contributed by atoms with Gasteiger partial charge in [0.05, 0.1) is 17.4 Å². The second-order valence-corrected chi connectivity index (χ2v) is 5.60. The molecule has 1 amide bonds.